The molecule has 0 saturated carbocycles. The van der Waals surface area contributed by atoms with Crippen molar-refractivity contribution in [2.75, 3.05) is 0 Å². The molecule has 16 heavy (non-hydrogen) atoms. The summed E-state index contributed by atoms with van der Waals surface area (Å²) in [6.07, 6.45) is 1.67. The first-order valence-corrected chi connectivity index (χ1v) is 5.02. The van der Waals surface area contributed by atoms with Crippen LogP contribution in [0, 0.1) is 11.2 Å². The number of benzene rings is 1. The van der Waals surface area contributed by atoms with Crippen LogP contribution in [0.1, 0.15) is 26.3 Å². The zero-order chi connectivity index (χ0) is 12.3. The Bertz CT molecular complexity index is 411. The summed E-state index contributed by atoms with van der Waals surface area (Å²) in [5, 5.41) is 9.10. The zero-order valence-electron chi connectivity index (χ0n) is 9.62. The maximum Gasteiger partial charge on any atom is 0.335 e. The normalized spacial score (nSPS) is 12.6. The van der Waals surface area contributed by atoms with E-state index in [0.717, 1.165) is 0 Å². The minimum Gasteiger partial charge on any atom is -0.478 e. The van der Waals surface area contributed by atoms with Gasteiger partial charge in [0.05, 0.1) is 5.57 Å². The van der Waals surface area contributed by atoms with Gasteiger partial charge in [-0.2, -0.15) is 0 Å². The van der Waals surface area contributed by atoms with Gasteiger partial charge in [-0.05, 0) is 23.1 Å². The Kier molecular flexibility index (Phi) is 3.48. The summed E-state index contributed by atoms with van der Waals surface area (Å²) in [5.74, 6) is -1.37. The standard InChI is InChI=1S/C13H15FO2/c1-13(2,3)8-11(12(15)16)9-4-6-10(14)7-5-9/h4-8H,1-3H3,(H,15,16). The van der Waals surface area contributed by atoms with E-state index in [9.17, 15) is 9.18 Å². The van der Waals surface area contributed by atoms with E-state index >= 15 is 0 Å². The van der Waals surface area contributed by atoms with Crippen molar-refractivity contribution in [2.24, 2.45) is 5.41 Å². The molecule has 1 rings (SSSR count). The molecular weight excluding hydrogens is 207 g/mol. The molecule has 1 aromatic rings. The largest absolute Gasteiger partial charge is 0.478 e. The molecule has 2 nitrogen and oxygen atoms in total. The van der Waals surface area contributed by atoms with Crippen molar-refractivity contribution >= 4 is 11.5 Å². The summed E-state index contributed by atoms with van der Waals surface area (Å²) in [5.41, 5.74) is 0.485. The zero-order valence-corrected chi connectivity index (χ0v) is 9.62. The molecule has 0 aromatic heterocycles. The number of aliphatic carboxylic acids is 1. The first-order valence-electron chi connectivity index (χ1n) is 5.02. The van der Waals surface area contributed by atoms with E-state index < -0.39 is 5.97 Å². The van der Waals surface area contributed by atoms with Gasteiger partial charge in [0.15, 0.2) is 0 Å². The molecule has 0 atom stereocenters. The highest BCUT2D eigenvalue weighted by Gasteiger charge is 2.15. The maximum absolute atomic E-state index is 12.7. The average Bonchev–Trinajstić information content (AvgIpc) is 2.14. The van der Waals surface area contributed by atoms with Crippen LogP contribution in [0.4, 0.5) is 4.39 Å². The molecule has 1 aromatic carbocycles. The number of carbonyl (C=O) groups is 1. The van der Waals surface area contributed by atoms with Gasteiger partial charge in [0.25, 0.3) is 0 Å². The van der Waals surface area contributed by atoms with Gasteiger partial charge in [-0.25, -0.2) is 9.18 Å². The van der Waals surface area contributed by atoms with E-state index in [0.29, 0.717) is 5.56 Å². The Labute approximate surface area is 94.4 Å². The van der Waals surface area contributed by atoms with Gasteiger partial charge in [-0.15, -0.1) is 0 Å². The van der Waals surface area contributed by atoms with E-state index in [-0.39, 0.29) is 16.8 Å². The first kappa shape index (κ1) is 12.4. The molecule has 0 aliphatic heterocycles. The highest BCUT2D eigenvalue weighted by atomic mass is 19.1. The third kappa shape index (κ3) is 3.50. The maximum atomic E-state index is 12.7. The minimum atomic E-state index is -0.999. The molecule has 0 radical (unpaired) electrons. The van der Waals surface area contributed by atoms with Crippen LogP contribution in [-0.4, -0.2) is 11.1 Å². The van der Waals surface area contributed by atoms with Crippen molar-refractivity contribution in [3.63, 3.8) is 0 Å². The molecule has 0 fully saturated rings. The van der Waals surface area contributed by atoms with Gasteiger partial charge >= 0.3 is 5.97 Å². The van der Waals surface area contributed by atoms with E-state index in [2.05, 4.69) is 0 Å². The minimum absolute atomic E-state index is 0.201. The second kappa shape index (κ2) is 4.47. The lowest BCUT2D eigenvalue weighted by Crippen LogP contribution is -2.07. The van der Waals surface area contributed by atoms with Gasteiger partial charge < -0.3 is 5.11 Å². The van der Waals surface area contributed by atoms with Crippen LogP contribution < -0.4 is 0 Å². The van der Waals surface area contributed by atoms with Crippen molar-refractivity contribution in [2.45, 2.75) is 20.8 Å². The van der Waals surface area contributed by atoms with Gasteiger partial charge in [-0.1, -0.05) is 39.0 Å². The lowest BCUT2D eigenvalue weighted by molar-refractivity contribution is -0.130. The third-order valence-corrected chi connectivity index (χ3v) is 1.96. The van der Waals surface area contributed by atoms with Gasteiger partial charge in [-0.3, -0.25) is 0 Å². The fraction of sp³-hybridized carbons (Fsp3) is 0.308. The molecule has 0 aliphatic rings. The van der Waals surface area contributed by atoms with Gasteiger partial charge in [0.2, 0.25) is 0 Å². The molecule has 0 bridgehead atoms. The molecule has 86 valence electrons. The van der Waals surface area contributed by atoms with Gasteiger partial charge in [0, 0.05) is 0 Å². The molecule has 0 spiro atoms. The predicted molar refractivity (Wildman–Crippen MR) is 61.5 cm³/mol. The SMILES string of the molecule is CC(C)(C)C=C(C(=O)O)c1ccc(F)cc1. The third-order valence-electron chi connectivity index (χ3n) is 1.96. The number of hydrogen-bond acceptors (Lipinski definition) is 1. The number of rotatable bonds is 2. The molecule has 0 saturated heterocycles. The van der Waals surface area contributed by atoms with Crippen LogP contribution >= 0.6 is 0 Å². The van der Waals surface area contributed by atoms with Crippen LogP contribution in [0.25, 0.3) is 5.57 Å². The second-order valence-electron chi connectivity index (χ2n) is 4.74. The van der Waals surface area contributed by atoms with Crippen molar-refractivity contribution in [1.82, 2.24) is 0 Å². The molecule has 1 N–H and O–H groups in total. The van der Waals surface area contributed by atoms with E-state index in [1.165, 1.54) is 24.3 Å². The first-order chi connectivity index (χ1) is 7.29. The molecule has 0 unspecified atom stereocenters. The monoisotopic (exact) mass is 222 g/mol. The smallest absolute Gasteiger partial charge is 0.335 e. The van der Waals surface area contributed by atoms with E-state index in [4.69, 9.17) is 5.11 Å². The number of carboxylic acid groups (broad SMARTS) is 1. The van der Waals surface area contributed by atoms with E-state index in [1.807, 2.05) is 20.8 Å². The summed E-state index contributed by atoms with van der Waals surface area (Å²) >= 11 is 0. The topological polar surface area (TPSA) is 37.3 Å². The highest BCUT2D eigenvalue weighted by Crippen LogP contribution is 2.24. The summed E-state index contributed by atoms with van der Waals surface area (Å²) in [6.45, 7) is 5.75. The second-order valence-corrected chi connectivity index (χ2v) is 4.74. The van der Waals surface area contributed by atoms with Crippen molar-refractivity contribution < 1.29 is 14.3 Å². The number of halogens is 1. The van der Waals surface area contributed by atoms with Crippen molar-refractivity contribution in [3.8, 4) is 0 Å². The molecule has 0 aliphatic carbocycles. The van der Waals surface area contributed by atoms with Crippen LogP contribution in [-0.2, 0) is 4.79 Å². The fourth-order valence-corrected chi connectivity index (χ4v) is 1.33. The average molecular weight is 222 g/mol. The highest BCUT2D eigenvalue weighted by molar-refractivity contribution is 6.15. The molecule has 0 heterocycles. The summed E-state index contributed by atoms with van der Waals surface area (Å²) in [6, 6.07) is 5.46. The summed E-state index contributed by atoms with van der Waals surface area (Å²) in [4.78, 5) is 11.1. The van der Waals surface area contributed by atoms with Crippen LogP contribution in [0.5, 0.6) is 0 Å². The lowest BCUT2D eigenvalue weighted by Gasteiger charge is -2.14. The Morgan fingerprint density at radius 1 is 1.25 bits per heavy atom. The molecular formula is C13H15FO2. The molecule has 3 heteroatoms. The van der Waals surface area contributed by atoms with Crippen LogP contribution in [0.2, 0.25) is 0 Å². The van der Waals surface area contributed by atoms with Crippen molar-refractivity contribution in [1.29, 1.82) is 0 Å². The Morgan fingerprint density at radius 2 is 1.75 bits per heavy atom. The summed E-state index contributed by atoms with van der Waals surface area (Å²) < 4.78 is 12.7. The predicted octanol–water partition coefficient (Wildman–Crippen LogP) is 3.34. The number of allylic oxidation sites excluding steroid dienone is 1. The Hall–Kier alpha value is -1.64. The van der Waals surface area contributed by atoms with Crippen molar-refractivity contribution in [3.05, 3.63) is 41.7 Å². The Morgan fingerprint density at radius 3 is 2.12 bits per heavy atom. The van der Waals surface area contributed by atoms with Gasteiger partial charge in [0.1, 0.15) is 5.82 Å². The molecule has 0 amide bonds. The fourth-order valence-electron chi connectivity index (χ4n) is 1.33. The van der Waals surface area contributed by atoms with Crippen LogP contribution in [0.15, 0.2) is 30.3 Å². The quantitative estimate of drug-likeness (QED) is 0.779. The van der Waals surface area contributed by atoms with Crippen LogP contribution in [0.3, 0.4) is 0 Å². The number of hydrogen-bond donors (Lipinski definition) is 1. The summed E-state index contributed by atoms with van der Waals surface area (Å²) in [7, 11) is 0. The van der Waals surface area contributed by atoms with E-state index in [1.54, 1.807) is 6.08 Å². The number of carboxylic acids is 1. The Balaban J connectivity index is 3.19. The lowest BCUT2D eigenvalue weighted by atomic mass is 9.91.